The number of hydrogen-bond acceptors (Lipinski definition) is 5. The van der Waals surface area contributed by atoms with Crippen molar-refractivity contribution in [3.05, 3.63) is 35.6 Å². The average Bonchev–Trinajstić information content (AvgIpc) is 2.98. The molecule has 5 heteroatoms. The molecule has 0 bridgehead atoms. The highest BCUT2D eigenvalue weighted by atomic mass is 16.5. The molecule has 88 valence electrons. The summed E-state index contributed by atoms with van der Waals surface area (Å²) in [6.07, 6.45) is 5.61. The van der Waals surface area contributed by atoms with Crippen LogP contribution >= 0.6 is 0 Å². The quantitative estimate of drug-likeness (QED) is 0.864. The van der Waals surface area contributed by atoms with E-state index in [1.807, 2.05) is 6.07 Å². The second kappa shape index (κ2) is 4.53. The van der Waals surface area contributed by atoms with Crippen LogP contribution in [0.4, 0.5) is 5.82 Å². The molecule has 0 fully saturated rings. The summed E-state index contributed by atoms with van der Waals surface area (Å²) in [5.74, 6) is 1.66. The lowest BCUT2D eigenvalue weighted by Crippen LogP contribution is -2.08. The smallest absolute Gasteiger partial charge is 0.213 e. The molecule has 0 saturated carbocycles. The first-order valence-corrected chi connectivity index (χ1v) is 5.90. The SMILES string of the molecule is c1nc(CCNc2ccc3c(n2)CCC3)no1. The summed E-state index contributed by atoms with van der Waals surface area (Å²) < 4.78 is 4.67. The molecule has 1 N–H and O–H groups in total. The van der Waals surface area contributed by atoms with Crippen LogP contribution in [0, 0.1) is 0 Å². The molecular weight excluding hydrogens is 216 g/mol. The lowest BCUT2D eigenvalue weighted by Gasteiger charge is -2.05. The molecule has 0 aromatic carbocycles. The van der Waals surface area contributed by atoms with Crippen molar-refractivity contribution in [2.75, 3.05) is 11.9 Å². The van der Waals surface area contributed by atoms with E-state index < -0.39 is 0 Å². The normalized spacial score (nSPS) is 13.6. The number of rotatable bonds is 4. The molecule has 1 aliphatic carbocycles. The van der Waals surface area contributed by atoms with Crippen LogP contribution in [-0.4, -0.2) is 21.7 Å². The third-order valence-electron chi connectivity index (χ3n) is 2.99. The molecule has 3 rings (SSSR count). The molecule has 5 nitrogen and oxygen atoms in total. The highest BCUT2D eigenvalue weighted by Crippen LogP contribution is 2.21. The fraction of sp³-hybridized carbons (Fsp3) is 0.417. The van der Waals surface area contributed by atoms with Gasteiger partial charge in [-0.05, 0) is 30.9 Å². The third kappa shape index (κ3) is 2.27. The van der Waals surface area contributed by atoms with Gasteiger partial charge in [0.2, 0.25) is 6.39 Å². The van der Waals surface area contributed by atoms with E-state index in [9.17, 15) is 0 Å². The first kappa shape index (κ1) is 10.3. The molecule has 2 heterocycles. The Morgan fingerprint density at radius 3 is 3.18 bits per heavy atom. The Morgan fingerprint density at radius 1 is 1.29 bits per heavy atom. The zero-order chi connectivity index (χ0) is 11.5. The zero-order valence-corrected chi connectivity index (χ0v) is 9.52. The van der Waals surface area contributed by atoms with Crippen LogP contribution in [0.1, 0.15) is 23.5 Å². The van der Waals surface area contributed by atoms with Gasteiger partial charge in [0.05, 0.1) is 0 Å². The van der Waals surface area contributed by atoms with E-state index in [0.717, 1.165) is 31.0 Å². The predicted molar refractivity (Wildman–Crippen MR) is 62.8 cm³/mol. The summed E-state index contributed by atoms with van der Waals surface area (Å²) in [4.78, 5) is 8.56. The molecule has 0 atom stereocenters. The fourth-order valence-electron chi connectivity index (χ4n) is 2.12. The van der Waals surface area contributed by atoms with Gasteiger partial charge in [0.15, 0.2) is 5.82 Å². The molecule has 0 amide bonds. The van der Waals surface area contributed by atoms with Gasteiger partial charge in [-0.1, -0.05) is 11.2 Å². The summed E-state index contributed by atoms with van der Waals surface area (Å²) in [5, 5.41) is 7.04. The second-order valence-electron chi connectivity index (χ2n) is 4.18. The van der Waals surface area contributed by atoms with Gasteiger partial charge in [-0.3, -0.25) is 0 Å². The van der Waals surface area contributed by atoms with E-state index in [1.54, 1.807) is 0 Å². The third-order valence-corrected chi connectivity index (χ3v) is 2.99. The number of pyridine rings is 1. The molecule has 17 heavy (non-hydrogen) atoms. The van der Waals surface area contributed by atoms with E-state index in [2.05, 4.69) is 31.0 Å². The topological polar surface area (TPSA) is 63.8 Å². The van der Waals surface area contributed by atoms with Gasteiger partial charge < -0.3 is 9.84 Å². The summed E-state index contributed by atoms with van der Waals surface area (Å²) in [5.41, 5.74) is 2.64. The minimum absolute atomic E-state index is 0.721. The number of anilines is 1. The number of nitrogens with zero attached hydrogens (tertiary/aromatic N) is 3. The Hall–Kier alpha value is -1.91. The number of nitrogens with one attached hydrogen (secondary N) is 1. The molecule has 0 aliphatic heterocycles. The summed E-state index contributed by atoms with van der Waals surface area (Å²) in [6, 6.07) is 4.21. The molecule has 2 aromatic rings. The molecule has 0 unspecified atom stereocenters. The summed E-state index contributed by atoms with van der Waals surface area (Å²) in [6.45, 7) is 0.769. The zero-order valence-electron chi connectivity index (χ0n) is 9.52. The maximum absolute atomic E-state index is 4.67. The van der Waals surface area contributed by atoms with Gasteiger partial charge in [-0.2, -0.15) is 4.98 Å². The van der Waals surface area contributed by atoms with Crippen molar-refractivity contribution in [3.63, 3.8) is 0 Å². The van der Waals surface area contributed by atoms with Crippen LogP contribution in [0.2, 0.25) is 0 Å². The van der Waals surface area contributed by atoms with Crippen LogP contribution in [-0.2, 0) is 19.3 Å². The van der Waals surface area contributed by atoms with Crippen molar-refractivity contribution in [2.24, 2.45) is 0 Å². The Morgan fingerprint density at radius 2 is 2.29 bits per heavy atom. The standard InChI is InChI=1S/C12H14N4O/c1-2-9-4-5-11(15-10(9)3-1)13-7-6-12-14-8-17-16-12/h4-5,8H,1-3,6-7H2,(H,13,15). The summed E-state index contributed by atoms with van der Waals surface area (Å²) in [7, 11) is 0. The Balaban J connectivity index is 1.58. The summed E-state index contributed by atoms with van der Waals surface area (Å²) >= 11 is 0. The number of aryl methyl sites for hydroxylation is 2. The molecule has 0 radical (unpaired) electrons. The first-order valence-electron chi connectivity index (χ1n) is 5.90. The fourth-order valence-corrected chi connectivity index (χ4v) is 2.12. The predicted octanol–water partition coefficient (Wildman–Crippen LogP) is 1.61. The van der Waals surface area contributed by atoms with Crippen molar-refractivity contribution in [2.45, 2.75) is 25.7 Å². The van der Waals surface area contributed by atoms with Gasteiger partial charge >= 0.3 is 0 Å². The van der Waals surface area contributed by atoms with Gasteiger partial charge in [0.1, 0.15) is 5.82 Å². The van der Waals surface area contributed by atoms with E-state index in [0.29, 0.717) is 0 Å². The maximum Gasteiger partial charge on any atom is 0.213 e. The van der Waals surface area contributed by atoms with Crippen LogP contribution in [0.5, 0.6) is 0 Å². The van der Waals surface area contributed by atoms with Crippen molar-refractivity contribution >= 4 is 5.82 Å². The minimum Gasteiger partial charge on any atom is -0.370 e. The highest BCUT2D eigenvalue weighted by Gasteiger charge is 2.12. The van der Waals surface area contributed by atoms with Crippen molar-refractivity contribution in [1.29, 1.82) is 0 Å². The first-order chi connectivity index (χ1) is 8.42. The lowest BCUT2D eigenvalue weighted by atomic mass is 10.2. The van der Waals surface area contributed by atoms with E-state index in [4.69, 9.17) is 0 Å². The van der Waals surface area contributed by atoms with E-state index >= 15 is 0 Å². The molecule has 2 aromatic heterocycles. The molecule has 0 spiro atoms. The van der Waals surface area contributed by atoms with E-state index in [-0.39, 0.29) is 0 Å². The average molecular weight is 230 g/mol. The van der Waals surface area contributed by atoms with Gasteiger partial charge in [-0.15, -0.1) is 0 Å². The van der Waals surface area contributed by atoms with Gasteiger partial charge in [0.25, 0.3) is 0 Å². The molecular formula is C12H14N4O. The van der Waals surface area contributed by atoms with Crippen molar-refractivity contribution < 1.29 is 4.52 Å². The largest absolute Gasteiger partial charge is 0.370 e. The minimum atomic E-state index is 0.721. The Kier molecular flexibility index (Phi) is 2.73. The van der Waals surface area contributed by atoms with Crippen LogP contribution < -0.4 is 5.32 Å². The molecule has 1 aliphatic rings. The second-order valence-corrected chi connectivity index (χ2v) is 4.18. The van der Waals surface area contributed by atoms with Crippen LogP contribution in [0.25, 0.3) is 0 Å². The van der Waals surface area contributed by atoms with Gasteiger partial charge in [0, 0.05) is 18.7 Å². The van der Waals surface area contributed by atoms with Crippen LogP contribution in [0.15, 0.2) is 23.0 Å². The van der Waals surface area contributed by atoms with Crippen LogP contribution in [0.3, 0.4) is 0 Å². The maximum atomic E-state index is 4.67. The van der Waals surface area contributed by atoms with Crippen molar-refractivity contribution in [3.8, 4) is 0 Å². The lowest BCUT2D eigenvalue weighted by molar-refractivity contribution is 0.410. The number of fused-ring (bicyclic) bond motifs is 1. The van der Waals surface area contributed by atoms with Crippen molar-refractivity contribution in [1.82, 2.24) is 15.1 Å². The number of aromatic nitrogens is 3. The van der Waals surface area contributed by atoms with E-state index in [1.165, 1.54) is 30.5 Å². The highest BCUT2D eigenvalue weighted by molar-refractivity contribution is 5.40. The monoisotopic (exact) mass is 230 g/mol. The Bertz CT molecular complexity index is 495. The van der Waals surface area contributed by atoms with Gasteiger partial charge in [-0.25, -0.2) is 4.98 Å². The molecule has 0 saturated heterocycles. The number of hydrogen-bond donors (Lipinski definition) is 1. The Labute approximate surface area is 99.3 Å².